The molecule has 2 rings (SSSR count). The van der Waals surface area contributed by atoms with E-state index in [9.17, 15) is 18.0 Å². The molecule has 1 unspecified atom stereocenters. The van der Waals surface area contributed by atoms with E-state index in [1.807, 2.05) is 0 Å². The Morgan fingerprint density at radius 1 is 1.15 bits per heavy atom. The lowest BCUT2D eigenvalue weighted by atomic mass is 10.2. The normalized spacial score (nSPS) is 17.2. The van der Waals surface area contributed by atoms with Crippen molar-refractivity contribution >= 4 is 21.9 Å². The molecule has 1 heterocycles. The van der Waals surface area contributed by atoms with Gasteiger partial charge < -0.3 is 15.2 Å². The van der Waals surface area contributed by atoms with Crippen LogP contribution in [0.2, 0.25) is 0 Å². The Labute approximate surface area is 153 Å². The summed E-state index contributed by atoms with van der Waals surface area (Å²) in [6, 6.07) is 4.00. The third kappa shape index (κ3) is 4.53. The van der Waals surface area contributed by atoms with E-state index in [4.69, 9.17) is 15.2 Å². The van der Waals surface area contributed by atoms with Crippen LogP contribution >= 0.6 is 0 Å². The number of hydrogen-bond donors (Lipinski definition) is 1. The van der Waals surface area contributed by atoms with Crippen molar-refractivity contribution in [3.63, 3.8) is 0 Å². The zero-order chi connectivity index (χ0) is 19.3. The molecule has 0 bridgehead atoms. The molecule has 1 aromatic rings. The van der Waals surface area contributed by atoms with Crippen LogP contribution in [0, 0.1) is 0 Å². The predicted molar refractivity (Wildman–Crippen MR) is 94.3 cm³/mol. The Hall–Kier alpha value is -2.13. The van der Waals surface area contributed by atoms with Crippen molar-refractivity contribution in [1.82, 2.24) is 4.31 Å². The molecule has 1 amide bonds. The average molecular weight is 384 g/mol. The second-order valence-corrected chi connectivity index (χ2v) is 8.04. The van der Waals surface area contributed by atoms with Crippen molar-refractivity contribution in [2.45, 2.75) is 43.6 Å². The highest BCUT2D eigenvalue weighted by molar-refractivity contribution is 7.89. The summed E-state index contributed by atoms with van der Waals surface area (Å²) in [6.45, 7) is 2.20. The van der Waals surface area contributed by atoms with E-state index >= 15 is 0 Å². The van der Waals surface area contributed by atoms with E-state index in [1.54, 1.807) is 0 Å². The fourth-order valence-electron chi connectivity index (χ4n) is 2.71. The number of esters is 1. The minimum absolute atomic E-state index is 0.00676. The molecule has 144 valence electrons. The molecule has 0 spiro atoms. The van der Waals surface area contributed by atoms with Crippen LogP contribution in [0.25, 0.3) is 0 Å². The monoisotopic (exact) mass is 384 g/mol. The molecule has 0 aromatic heterocycles. The molecule has 0 radical (unpaired) electrons. The van der Waals surface area contributed by atoms with Gasteiger partial charge in [-0.2, -0.15) is 4.31 Å². The van der Waals surface area contributed by atoms with E-state index < -0.39 is 28.0 Å². The second kappa shape index (κ2) is 8.50. The number of primary amides is 1. The number of sulfonamides is 1. The predicted octanol–water partition coefficient (Wildman–Crippen LogP) is 1.29. The van der Waals surface area contributed by atoms with Crippen molar-refractivity contribution in [3.05, 3.63) is 23.8 Å². The number of carbonyl (C=O) groups is 2. The molecule has 1 aliphatic heterocycles. The van der Waals surface area contributed by atoms with Crippen LogP contribution in [0.15, 0.2) is 23.1 Å². The number of nitrogens with zero attached hydrogens (tertiary/aromatic N) is 1. The summed E-state index contributed by atoms with van der Waals surface area (Å²) < 4.78 is 37.6. The van der Waals surface area contributed by atoms with Gasteiger partial charge in [-0.25, -0.2) is 13.2 Å². The summed E-state index contributed by atoms with van der Waals surface area (Å²) in [4.78, 5) is 23.2. The molecule has 0 saturated carbocycles. The lowest BCUT2D eigenvalue weighted by Crippen LogP contribution is -2.32. The molecular weight excluding hydrogens is 360 g/mol. The van der Waals surface area contributed by atoms with Gasteiger partial charge in [-0.05, 0) is 38.0 Å². The van der Waals surface area contributed by atoms with Crippen LogP contribution in [0.5, 0.6) is 5.75 Å². The van der Waals surface area contributed by atoms with Gasteiger partial charge in [-0.1, -0.05) is 12.8 Å². The molecule has 1 fully saturated rings. The summed E-state index contributed by atoms with van der Waals surface area (Å²) in [5.74, 6) is -1.47. The molecule has 9 heteroatoms. The Bertz CT molecular complexity index is 769. The molecule has 1 aliphatic rings. The topological polar surface area (TPSA) is 116 Å². The molecule has 1 saturated heterocycles. The van der Waals surface area contributed by atoms with Gasteiger partial charge in [0.15, 0.2) is 6.10 Å². The maximum atomic E-state index is 13.0. The van der Waals surface area contributed by atoms with Crippen LogP contribution in [0.4, 0.5) is 0 Å². The summed E-state index contributed by atoms with van der Waals surface area (Å²) in [7, 11) is -2.46. The summed E-state index contributed by atoms with van der Waals surface area (Å²) in [5, 5.41) is 0. The highest BCUT2D eigenvalue weighted by atomic mass is 32.2. The maximum absolute atomic E-state index is 13.0. The van der Waals surface area contributed by atoms with E-state index in [1.165, 1.54) is 36.5 Å². The zero-order valence-corrected chi connectivity index (χ0v) is 15.8. The Balaban J connectivity index is 2.37. The Kier molecular flexibility index (Phi) is 6.60. The smallest absolute Gasteiger partial charge is 0.338 e. The molecule has 8 nitrogen and oxygen atoms in total. The third-order valence-corrected chi connectivity index (χ3v) is 6.19. The molecular formula is C17H24N2O6S. The molecule has 2 N–H and O–H groups in total. The lowest BCUT2D eigenvalue weighted by molar-refractivity contribution is -0.125. The van der Waals surface area contributed by atoms with Crippen molar-refractivity contribution < 1.29 is 27.5 Å². The highest BCUT2D eigenvalue weighted by Crippen LogP contribution is 2.29. The second-order valence-electron chi connectivity index (χ2n) is 6.13. The number of carbonyl (C=O) groups excluding carboxylic acids is 2. The third-order valence-electron chi connectivity index (χ3n) is 4.27. The van der Waals surface area contributed by atoms with Crippen LogP contribution in [-0.4, -0.2) is 50.9 Å². The number of benzene rings is 1. The maximum Gasteiger partial charge on any atom is 0.338 e. The number of amides is 1. The van der Waals surface area contributed by atoms with Gasteiger partial charge in [-0.3, -0.25) is 4.79 Å². The van der Waals surface area contributed by atoms with Crippen LogP contribution < -0.4 is 10.5 Å². The minimum Gasteiger partial charge on any atom is -0.495 e. The van der Waals surface area contributed by atoms with Crippen LogP contribution in [0.1, 0.15) is 43.0 Å². The quantitative estimate of drug-likeness (QED) is 0.739. The van der Waals surface area contributed by atoms with Gasteiger partial charge in [0.1, 0.15) is 10.6 Å². The minimum atomic E-state index is -3.82. The van der Waals surface area contributed by atoms with E-state index in [0.29, 0.717) is 13.1 Å². The standard InChI is InChI=1S/C17H24N2O6S/c1-12(16(18)20)25-17(21)13-7-8-14(24-2)15(11-13)26(22,23)19-9-5-3-4-6-10-19/h7-8,11-12H,3-6,9-10H2,1-2H3,(H2,18,20). The number of methoxy groups -OCH3 is 1. The summed E-state index contributed by atoms with van der Waals surface area (Å²) >= 11 is 0. The van der Waals surface area contributed by atoms with Gasteiger partial charge >= 0.3 is 5.97 Å². The first-order valence-electron chi connectivity index (χ1n) is 8.46. The first-order chi connectivity index (χ1) is 12.3. The van der Waals surface area contributed by atoms with Crippen LogP contribution in [0.3, 0.4) is 0 Å². The molecule has 1 atom stereocenters. The number of rotatable bonds is 6. The summed E-state index contributed by atoms with van der Waals surface area (Å²) in [6.07, 6.45) is 2.44. The van der Waals surface area contributed by atoms with E-state index in [-0.39, 0.29) is 16.2 Å². The number of nitrogens with two attached hydrogens (primary N) is 1. The summed E-state index contributed by atoms with van der Waals surface area (Å²) in [5.41, 5.74) is 5.09. The van der Waals surface area contributed by atoms with Crippen molar-refractivity contribution in [2.75, 3.05) is 20.2 Å². The average Bonchev–Trinajstić information content (AvgIpc) is 2.90. The van der Waals surface area contributed by atoms with Crippen molar-refractivity contribution in [1.29, 1.82) is 0 Å². The van der Waals surface area contributed by atoms with Gasteiger partial charge in [0.25, 0.3) is 5.91 Å². The van der Waals surface area contributed by atoms with E-state index in [0.717, 1.165) is 25.7 Å². The number of hydrogen-bond acceptors (Lipinski definition) is 6. The molecule has 0 aliphatic carbocycles. The van der Waals surface area contributed by atoms with Crippen LogP contribution in [-0.2, 0) is 19.6 Å². The fraction of sp³-hybridized carbons (Fsp3) is 0.529. The van der Waals surface area contributed by atoms with Gasteiger partial charge in [0.2, 0.25) is 10.0 Å². The van der Waals surface area contributed by atoms with Crippen molar-refractivity contribution in [2.24, 2.45) is 5.73 Å². The zero-order valence-electron chi connectivity index (χ0n) is 14.9. The van der Waals surface area contributed by atoms with E-state index in [2.05, 4.69) is 0 Å². The van der Waals surface area contributed by atoms with Gasteiger partial charge in [0, 0.05) is 13.1 Å². The Morgan fingerprint density at radius 3 is 2.31 bits per heavy atom. The van der Waals surface area contributed by atoms with Crippen molar-refractivity contribution in [3.8, 4) is 5.75 Å². The SMILES string of the molecule is COc1ccc(C(=O)OC(C)C(N)=O)cc1S(=O)(=O)N1CCCCCC1. The lowest BCUT2D eigenvalue weighted by Gasteiger charge is -2.21. The molecule has 1 aromatic carbocycles. The number of ether oxygens (including phenoxy) is 2. The Morgan fingerprint density at radius 2 is 1.77 bits per heavy atom. The molecule has 26 heavy (non-hydrogen) atoms. The largest absolute Gasteiger partial charge is 0.495 e. The first kappa shape index (κ1) is 20.2. The van der Waals surface area contributed by atoms with Gasteiger partial charge in [-0.15, -0.1) is 0 Å². The first-order valence-corrected chi connectivity index (χ1v) is 9.90. The van der Waals surface area contributed by atoms with Gasteiger partial charge in [0.05, 0.1) is 12.7 Å². The fourth-order valence-corrected chi connectivity index (χ4v) is 4.41. The highest BCUT2D eigenvalue weighted by Gasteiger charge is 2.29.